The molecule has 2 aromatic heterocycles. The summed E-state index contributed by atoms with van der Waals surface area (Å²) in [4.78, 5) is 12.7. The van der Waals surface area contributed by atoms with Crippen LogP contribution in [0.2, 0.25) is 0 Å². The molecule has 2 heterocycles. The van der Waals surface area contributed by atoms with Gasteiger partial charge in [0.15, 0.2) is 0 Å². The number of aryl methyl sites for hydroxylation is 2. The third kappa shape index (κ3) is 2.47. The van der Waals surface area contributed by atoms with Gasteiger partial charge in [0.25, 0.3) is 5.89 Å². The summed E-state index contributed by atoms with van der Waals surface area (Å²) in [5.74, 6) is 0.951. The minimum absolute atomic E-state index is 0.315. The van der Waals surface area contributed by atoms with Gasteiger partial charge in [-0.15, -0.1) is 0 Å². The molecule has 0 atom stereocenters. The summed E-state index contributed by atoms with van der Waals surface area (Å²) >= 11 is 0. The lowest BCUT2D eigenvalue weighted by Gasteiger charge is -2.01. The summed E-state index contributed by atoms with van der Waals surface area (Å²) in [7, 11) is 1.53. The van der Waals surface area contributed by atoms with E-state index in [1.54, 1.807) is 6.20 Å². The van der Waals surface area contributed by atoms with E-state index < -0.39 is 0 Å². The Morgan fingerprint density at radius 3 is 2.57 bits per heavy atom. The molecule has 3 aromatic rings. The van der Waals surface area contributed by atoms with Gasteiger partial charge in [0.2, 0.25) is 5.82 Å². The van der Waals surface area contributed by atoms with E-state index in [1.165, 1.54) is 7.11 Å². The fourth-order valence-corrected chi connectivity index (χ4v) is 2.02. The molecule has 0 unspecified atom stereocenters. The van der Waals surface area contributed by atoms with Gasteiger partial charge >= 0.3 is 6.01 Å². The first kappa shape index (κ1) is 13.2. The molecule has 21 heavy (non-hydrogen) atoms. The molecule has 0 amide bonds. The molecule has 0 bridgehead atoms. The van der Waals surface area contributed by atoms with Gasteiger partial charge in [0.1, 0.15) is 0 Å². The largest absolute Gasteiger partial charge is 0.467 e. The number of nitrogens with zero attached hydrogens (tertiary/aromatic N) is 4. The maximum Gasteiger partial charge on any atom is 0.316 e. The Labute approximate surface area is 121 Å². The lowest BCUT2D eigenvalue weighted by Crippen LogP contribution is -1.96. The lowest BCUT2D eigenvalue weighted by molar-refractivity contribution is 0.378. The molecular formula is C15H14N4O2. The maximum atomic E-state index is 5.33. The molecule has 0 aliphatic rings. The van der Waals surface area contributed by atoms with Crippen molar-refractivity contribution in [1.82, 2.24) is 20.1 Å². The number of hydrogen-bond donors (Lipinski definition) is 0. The van der Waals surface area contributed by atoms with Crippen LogP contribution in [0, 0.1) is 13.8 Å². The van der Waals surface area contributed by atoms with Crippen LogP contribution in [0.4, 0.5) is 0 Å². The molecule has 3 rings (SSSR count). The van der Waals surface area contributed by atoms with Crippen molar-refractivity contribution in [3.63, 3.8) is 0 Å². The second-order valence-electron chi connectivity index (χ2n) is 4.59. The van der Waals surface area contributed by atoms with Crippen LogP contribution in [0.15, 0.2) is 35.0 Å². The number of rotatable bonds is 3. The fourth-order valence-electron chi connectivity index (χ4n) is 2.02. The van der Waals surface area contributed by atoms with Crippen molar-refractivity contribution in [2.24, 2.45) is 0 Å². The zero-order valence-corrected chi connectivity index (χ0v) is 12.0. The normalized spacial score (nSPS) is 10.6. The summed E-state index contributed by atoms with van der Waals surface area (Å²) in [6.45, 7) is 3.85. The molecule has 6 heteroatoms. The zero-order valence-electron chi connectivity index (χ0n) is 12.0. The molecule has 0 radical (unpaired) electrons. The van der Waals surface area contributed by atoms with E-state index >= 15 is 0 Å². The SMILES string of the molecule is COc1ncc(-c2nc(-c3ccccc3C)no2)c(C)n1. The molecule has 0 saturated carbocycles. The number of methoxy groups -OCH3 is 1. The summed E-state index contributed by atoms with van der Waals surface area (Å²) in [6.07, 6.45) is 1.62. The highest BCUT2D eigenvalue weighted by Gasteiger charge is 2.15. The van der Waals surface area contributed by atoms with E-state index in [4.69, 9.17) is 9.26 Å². The van der Waals surface area contributed by atoms with E-state index in [2.05, 4.69) is 20.1 Å². The molecule has 0 saturated heterocycles. The predicted octanol–water partition coefficient (Wildman–Crippen LogP) is 2.82. The Kier molecular flexibility index (Phi) is 3.35. The van der Waals surface area contributed by atoms with E-state index in [-0.39, 0.29) is 0 Å². The number of aromatic nitrogens is 4. The van der Waals surface area contributed by atoms with Gasteiger partial charge in [-0.05, 0) is 19.4 Å². The number of benzene rings is 1. The van der Waals surface area contributed by atoms with Gasteiger partial charge in [0.05, 0.1) is 18.4 Å². The summed E-state index contributed by atoms with van der Waals surface area (Å²) in [6, 6.07) is 8.20. The molecule has 0 aliphatic heterocycles. The maximum absolute atomic E-state index is 5.33. The Bertz CT molecular complexity index is 783. The molecule has 0 N–H and O–H groups in total. The Balaban J connectivity index is 2.01. The van der Waals surface area contributed by atoms with Crippen molar-refractivity contribution in [2.45, 2.75) is 13.8 Å². The Morgan fingerprint density at radius 2 is 1.86 bits per heavy atom. The standard InChI is InChI=1S/C15H14N4O2/c1-9-6-4-5-7-11(9)13-18-14(21-19-13)12-8-16-15(20-3)17-10(12)2/h4-8H,1-3H3. The van der Waals surface area contributed by atoms with Gasteiger partial charge in [-0.1, -0.05) is 29.4 Å². The van der Waals surface area contributed by atoms with E-state index in [0.29, 0.717) is 23.3 Å². The van der Waals surface area contributed by atoms with Crippen LogP contribution < -0.4 is 4.74 Å². The minimum Gasteiger partial charge on any atom is -0.467 e. The van der Waals surface area contributed by atoms with E-state index in [9.17, 15) is 0 Å². The Morgan fingerprint density at radius 1 is 1.05 bits per heavy atom. The monoisotopic (exact) mass is 282 g/mol. The second-order valence-corrected chi connectivity index (χ2v) is 4.59. The van der Waals surface area contributed by atoms with Crippen molar-refractivity contribution in [2.75, 3.05) is 7.11 Å². The van der Waals surface area contributed by atoms with Crippen molar-refractivity contribution in [3.05, 3.63) is 41.7 Å². The highest BCUT2D eigenvalue weighted by atomic mass is 16.5. The highest BCUT2D eigenvalue weighted by molar-refractivity contribution is 5.63. The number of ether oxygens (including phenoxy) is 1. The second kappa shape index (κ2) is 5.32. The van der Waals surface area contributed by atoms with E-state index in [0.717, 1.165) is 16.8 Å². The van der Waals surface area contributed by atoms with Crippen LogP contribution in [0.3, 0.4) is 0 Å². The first-order valence-corrected chi connectivity index (χ1v) is 6.46. The van der Waals surface area contributed by atoms with Gasteiger partial charge in [-0.25, -0.2) is 4.98 Å². The van der Waals surface area contributed by atoms with Crippen molar-refractivity contribution < 1.29 is 9.26 Å². The average Bonchev–Trinajstić information content (AvgIpc) is 2.97. The van der Waals surface area contributed by atoms with Gasteiger partial charge < -0.3 is 9.26 Å². The van der Waals surface area contributed by atoms with Crippen LogP contribution in [-0.4, -0.2) is 27.2 Å². The predicted molar refractivity (Wildman–Crippen MR) is 76.8 cm³/mol. The van der Waals surface area contributed by atoms with E-state index in [1.807, 2.05) is 38.1 Å². The zero-order chi connectivity index (χ0) is 14.8. The Hall–Kier alpha value is -2.76. The summed E-state index contributed by atoms with van der Waals surface area (Å²) < 4.78 is 10.3. The summed E-state index contributed by atoms with van der Waals surface area (Å²) in [5, 5.41) is 4.03. The first-order chi connectivity index (χ1) is 10.2. The smallest absolute Gasteiger partial charge is 0.316 e. The third-order valence-corrected chi connectivity index (χ3v) is 3.18. The quantitative estimate of drug-likeness (QED) is 0.735. The van der Waals surface area contributed by atoms with Crippen molar-refractivity contribution in [1.29, 1.82) is 0 Å². The van der Waals surface area contributed by atoms with Crippen LogP contribution in [0.1, 0.15) is 11.3 Å². The topological polar surface area (TPSA) is 73.9 Å². The molecule has 1 aromatic carbocycles. The molecule has 106 valence electrons. The third-order valence-electron chi connectivity index (χ3n) is 3.18. The minimum atomic E-state index is 0.315. The van der Waals surface area contributed by atoms with Crippen LogP contribution in [0.25, 0.3) is 22.8 Å². The molecule has 0 aliphatic carbocycles. The fraction of sp³-hybridized carbons (Fsp3) is 0.200. The molecule has 6 nitrogen and oxygen atoms in total. The molecule has 0 spiro atoms. The van der Waals surface area contributed by atoms with Crippen LogP contribution >= 0.6 is 0 Å². The van der Waals surface area contributed by atoms with Gasteiger partial charge in [-0.2, -0.15) is 9.97 Å². The van der Waals surface area contributed by atoms with Crippen LogP contribution in [-0.2, 0) is 0 Å². The van der Waals surface area contributed by atoms with Gasteiger partial charge in [-0.3, -0.25) is 0 Å². The highest BCUT2D eigenvalue weighted by Crippen LogP contribution is 2.25. The van der Waals surface area contributed by atoms with Crippen LogP contribution in [0.5, 0.6) is 6.01 Å². The molecular weight excluding hydrogens is 268 g/mol. The summed E-state index contributed by atoms with van der Waals surface area (Å²) in [5.41, 5.74) is 3.46. The average molecular weight is 282 g/mol. The molecule has 0 fully saturated rings. The lowest BCUT2D eigenvalue weighted by atomic mass is 10.1. The van der Waals surface area contributed by atoms with Crippen molar-refractivity contribution >= 4 is 0 Å². The van der Waals surface area contributed by atoms with Gasteiger partial charge in [0, 0.05) is 11.8 Å². The number of hydrogen-bond acceptors (Lipinski definition) is 6. The van der Waals surface area contributed by atoms with Crippen molar-refractivity contribution in [3.8, 4) is 28.9 Å². The first-order valence-electron chi connectivity index (χ1n) is 6.46.